The minimum Gasteiger partial charge on any atom is -0.497 e. The molecule has 1 unspecified atom stereocenters. The number of quaternary nitrogens is 1. The third-order valence-electron chi connectivity index (χ3n) is 4.67. The maximum absolute atomic E-state index is 12.5. The van der Waals surface area contributed by atoms with Crippen LogP contribution in [0.25, 0.3) is 0 Å². The van der Waals surface area contributed by atoms with E-state index in [0.29, 0.717) is 17.6 Å². The van der Waals surface area contributed by atoms with E-state index >= 15 is 0 Å². The molecule has 1 fully saturated rings. The van der Waals surface area contributed by atoms with Crippen molar-refractivity contribution < 1.29 is 14.4 Å². The van der Waals surface area contributed by atoms with E-state index in [9.17, 15) is 4.79 Å². The lowest BCUT2D eigenvalue weighted by atomic mass is 10.2. The van der Waals surface area contributed by atoms with Gasteiger partial charge in [0.05, 0.1) is 13.2 Å². The Morgan fingerprint density at radius 1 is 1.24 bits per heavy atom. The third-order valence-corrected chi connectivity index (χ3v) is 5.08. The fourth-order valence-corrected chi connectivity index (χ4v) is 3.17. The van der Waals surface area contributed by atoms with Crippen molar-refractivity contribution in [1.29, 1.82) is 0 Å². The first-order valence-electron chi connectivity index (χ1n) is 8.59. The van der Waals surface area contributed by atoms with Crippen molar-refractivity contribution in [3.05, 3.63) is 58.6 Å². The molecule has 2 N–H and O–H groups in total. The number of ether oxygens (including phenoxy) is 1. The van der Waals surface area contributed by atoms with Crippen molar-refractivity contribution in [3.8, 4) is 5.75 Å². The summed E-state index contributed by atoms with van der Waals surface area (Å²) in [7, 11) is 1.67. The fraction of sp³-hybridized carbons (Fsp3) is 0.350. The van der Waals surface area contributed by atoms with Crippen LogP contribution in [0.1, 0.15) is 24.0 Å². The topological polar surface area (TPSA) is 42.8 Å². The van der Waals surface area contributed by atoms with Gasteiger partial charge in [0, 0.05) is 29.1 Å². The Kier molecular flexibility index (Phi) is 5.61. The highest BCUT2D eigenvalue weighted by molar-refractivity contribution is 6.31. The van der Waals surface area contributed by atoms with Gasteiger partial charge in [0.1, 0.15) is 12.3 Å². The summed E-state index contributed by atoms with van der Waals surface area (Å²) in [6.07, 6.45) is 2.38. The predicted octanol–water partition coefficient (Wildman–Crippen LogP) is 2.84. The Morgan fingerprint density at radius 2 is 1.96 bits per heavy atom. The SMILES string of the molecule is COc1ccc(C[NH+](CC(=O)Nc2cccc(Cl)c2C)C2CC2)cc1. The molecule has 0 aromatic heterocycles. The van der Waals surface area contributed by atoms with E-state index in [1.165, 1.54) is 23.3 Å². The lowest BCUT2D eigenvalue weighted by Gasteiger charge is -2.19. The van der Waals surface area contributed by atoms with Crippen molar-refractivity contribution in [1.82, 2.24) is 0 Å². The van der Waals surface area contributed by atoms with Crippen LogP contribution in [0.15, 0.2) is 42.5 Å². The molecule has 2 aromatic carbocycles. The Balaban J connectivity index is 1.63. The zero-order chi connectivity index (χ0) is 17.8. The number of carbonyl (C=O) groups is 1. The van der Waals surface area contributed by atoms with Gasteiger partial charge in [-0.05, 0) is 48.9 Å². The van der Waals surface area contributed by atoms with Crippen LogP contribution in [-0.2, 0) is 11.3 Å². The molecule has 3 rings (SSSR count). The molecule has 1 aliphatic rings. The second-order valence-electron chi connectivity index (χ2n) is 6.59. The smallest absolute Gasteiger partial charge is 0.279 e. The number of halogens is 1. The van der Waals surface area contributed by atoms with Crippen LogP contribution in [0.4, 0.5) is 5.69 Å². The van der Waals surface area contributed by atoms with E-state index < -0.39 is 0 Å². The maximum atomic E-state index is 12.5. The summed E-state index contributed by atoms with van der Waals surface area (Å²) >= 11 is 6.13. The number of nitrogens with one attached hydrogen (secondary N) is 2. The minimum atomic E-state index is 0.0285. The molecule has 1 amide bonds. The molecule has 2 aromatic rings. The zero-order valence-corrected chi connectivity index (χ0v) is 15.4. The van der Waals surface area contributed by atoms with E-state index in [1.54, 1.807) is 7.11 Å². The molecule has 0 heterocycles. The molecule has 1 saturated carbocycles. The Morgan fingerprint density at radius 3 is 2.60 bits per heavy atom. The van der Waals surface area contributed by atoms with Gasteiger partial charge in [0.2, 0.25) is 0 Å². The van der Waals surface area contributed by atoms with Crippen LogP contribution in [0.3, 0.4) is 0 Å². The van der Waals surface area contributed by atoms with Crippen molar-refractivity contribution in [2.75, 3.05) is 19.0 Å². The van der Waals surface area contributed by atoms with Crippen molar-refractivity contribution in [2.45, 2.75) is 32.4 Å². The van der Waals surface area contributed by atoms with Gasteiger partial charge < -0.3 is 15.0 Å². The second kappa shape index (κ2) is 7.89. The van der Waals surface area contributed by atoms with E-state index in [2.05, 4.69) is 17.4 Å². The first-order chi connectivity index (χ1) is 12.1. The highest BCUT2D eigenvalue weighted by atomic mass is 35.5. The number of anilines is 1. The first kappa shape index (κ1) is 17.8. The number of methoxy groups -OCH3 is 1. The third kappa shape index (κ3) is 4.74. The highest BCUT2D eigenvalue weighted by Crippen LogP contribution is 2.22. The highest BCUT2D eigenvalue weighted by Gasteiger charge is 2.34. The molecule has 0 saturated heterocycles. The van der Waals surface area contributed by atoms with Gasteiger partial charge in [0.25, 0.3) is 5.91 Å². The van der Waals surface area contributed by atoms with Crippen LogP contribution in [0.5, 0.6) is 5.75 Å². The number of hydrogen-bond donors (Lipinski definition) is 2. The lowest BCUT2D eigenvalue weighted by molar-refractivity contribution is -0.916. The normalized spacial score (nSPS) is 14.8. The van der Waals surface area contributed by atoms with Gasteiger partial charge in [-0.15, -0.1) is 0 Å². The molecular weight excluding hydrogens is 336 g/mol. The summed E-state index contributed by atoms with van der Waals surface area (Å²) in [5.74, 6) is 0.881. The molecule has 0 bridgehead atoms. The molecule has 0 aliphatic heterocycles. The summed E-state index contributed by atoms with van der Waals surface area (Å²) in [6.45, 7) is 3.22. The molecule has 25 heavy (non-hydrogen) atoms. The number of amides is 1. The monoisotopic (exact) mass is 359 g/mol. The van der Waals surface area contributed by atoms with E-state index in [1.807, 2.05) is 37.3 Å². The van der Waals surface area contributed by atoms with Gasteiger partial charge >= 0.3 is 0 Å². The summed E-state index contributed by atoms with van der Waals surface area (Å²) < 4.78 is 5.20. The standard InChI is InChI=1S/C20H23ClN2O2/c1-14-18(21)4-3-5-19(14)22-20(24)13-23(16-8-9-16)12-15-6-10-17(25-2)11-7-15/h3-7,10-11,16H,8-9,12-13H2,1-2H3,(H,22,24)/p+1. The first-order valence-corrected chi connectivity index (χ1v) is 8.97. The molecule has 132 valence electrons. The maximum Gasteiger partial charge on any atom is 0.279 e. The zero-order valence-electron chi connectivity index (χ0n) is 14.6. The molecule has 1 atom stereocenters. The van der Waals surface area contributed by atoms with Crippen LogP contribution >= 0.6 is 11.6 Å². The average molecular weight is 360 g/mol. The molecule has 4 nitrogen and oxygen atoms in total. The van der Waals surface area contributed by atoms with Crippen LogP contribution in [0, 0.1) is 6.92 Å². The van der Waals surface area contributed by atoms with Crippen molar-refractivity contribution in [2.24, 2.45) is 0 Å². The number of rotatable bonds is 7. The molecular formula is C20H24ClN2O2+. The summed E-state index contributed by atoms with van der Waals surface area (Å²) in [6, 6.07) is 14.2. The quantitative estimate of drug-likeness (QED) is 0.798. The molecule has 1 aliphatic carbocycles. The molecule has 0 spiro atoms. The Hall–Kier alpha value is -2.04. The number of carbonyl (C=O) groups excluding carboxylic acids is 1. The summed E-state index contributed by atoms with van der Waals surface area (Å²) in [5, 5.41) is 3.67. The van der Waals surface area contributed by atoms with Crippen LogP contribution < -0.4 is 15.0 Å². The second-order valence-corrected chi connectivity index (χ2v) is 7.00. The van der Waals surface area contributed by atoms with E-state index in [-0.39, 0.29) is 5.91 Å². The van der Waals surface area contributed by atoms with Gasteiger partial charge in [-0.2, -0.15) is 0 Å². The Bertz CT molecular complexity index is 742. The van der Waals surface area contributed by atoms with E-state index in [0.717, 1.165) is 23.5 Å². The van der Waals surface area contributed by atoms with Gasteiger partial charge in [-0.25, -0.2) is 0 Å². The summed E-state index contributed by atoms with van der Waals surface area (Å²) in [5.41, 5.74) is 2.91. The summed E-state index contributed by atoms with van der Waals surface area (Å²) in [4.78, 5) is 13.8. The largest absolute Gasteiger partial charge is 0.497 e. The Labute approximate surface area is 153 Å². The van der Waals surface area contributed by atoms with Crippen molar-refractivity contribution >= 4 is 23.2 Å². The molecule has 0 radical (unpaired) electrons. The van der Waals surface area contributed by atoms with E-state index in [4.69, 9.17) is 16.3 Å². The fourth-order valence-electron chi connectivity index (χ4n) is 2.99. The average Bonchev–Trinajstić information content (AvgIpc) is 3.44. The van der Waals surface area contributed by atoms with Crippen LogP contribution in [-0.4, -0.2) is 25.6 Å². The number of benzene rings is 2. The van der Waals surface area contributed by atoms with Gasteiger partial charge in [-0.3, -0.25) is 4.79 Å². The number of hydrogen-bond acceptors (Lipinski definition) is 2. The molecule has 5 heteroatoms. The van der Waals surface area contributed by atoms with Crippen molar-refractivity contribution in [3.63, 3.8) is 0 Å². The minimum absolute atomic E-state index is 0.0285. The predicted molar refractivity (Wildman–Crippen MR) is 100 cm³/mol. The van der Waals surface area contributed by atoms with Gasteiger partial charge in [0.15, 0.2) is 6.54 Å². The van der Waals surface area contributed by atoms with Gasteiger partial charge in [-0.1, -0.05) is 17.7 Å². The lowest BCUT2D eigenvalue weighted by Crippen LogP contribution is -3.13. The van der Waals surface area contributed by atoms with Crippen LogP contribution in [0.2, 0.25) is 5.02 Å².